The van der Waals surface area contributed by atoms with Gasteiger partial charge in [0.05, 0.1) is 12.1 Å². The van der Waals surface area contributed by atoms with Crippen LogP contribution in [0.15, 0.2) is 29.6 Å². The van der Waals surface area contributed by atoms with Gasteiger partial charge in [0.15, 0.2) is 0 Å². The topological polar surface area (TPSA) is 45.2 Å². The van der Waals surface area contributed by atoms with Crippen LogP contribution in [0, 0.1) is 18.8 Å². The second-order valence-corrected chi connectivity index (χ2v) is 8.18. The number of carbonyl (C=O) groups excluding carboxylic acids is 1. The summed E-state index contributed by atoms with van der Waals surface area (Å²) in [5.74, 6) is 1.74. The van der Waals surface area contributed by atoms with Crippen LogP contribution in [0.5, 0.6) is 0 Å². The number of carbonyl (C=O) groups is 1. The molecule has 25 heavy (non-hydrogen) atoms. The number of amides is 1. The summed E-state index contributed by atoms with van der Waals surface area (Å²) >= 11 is 1.62. The summed E-state index contributed by atoms with van der Waals surface area (Å²) in [5, 5.41) is 6.52. The van der Waals surface area contributed by atoms with Gasteiger partial charge in [0.2, 0.25) is 5.91 Å². The molecule has 2 aromatic rings. The number of thiazole rings is 1. The summed E-state index contributed by atoms with van der Waals surface area (Å²) in [4.78, 5) is 19.5. The highest BCUT2D eigenvalue weighted by Crippen LogP contribution is 2.28. The number of aromatic nitrogens is 1. The van der Waals surface area contributed by atoms with Crippen molar-refractivity contribution in [2.75, 3.05) is 26.2 Å². The number of rotatable bonds is 3. The van der Waals surface area contributed by atoms with Gasteiger partial charge in [-0.25, -0.2) is 4.98 Å². The molecular weight excluding hydrogens is 330 g/mol. The third kappa shape index (κ3) is 3.77. The lowest BCUT2D eigenvalue weighted by Gasteiger charge is -2.20. The summed E-state index contributed by atoms with van der Waals surface area (Å²) in [7, 11) is 0. The first-order valence-electron chi connectivity index (χ1n) is 9.19. The molecule has 2 aliphatic heterocycles. The van der Waals surface area contributed by atoms with Crippen molar-refractivity contribution in [1.29, 1.82) is 0 Å². The molecule has 1 amide bonds. The van der Waals surface area contributed by atoms with Crippen LogP contribution in [-0.4, -0.2) is 42.0 Å². The first-order valence-corrected chi connectivity index (χ1v) is 10.1. The Labute approximate surface area is 153 Å². The van der Waals surface area contributed by atoms with E-state index in [1.807, 2.05) is 5.38 Å². The maximum absolute atomic E-state index is 12.7. The summed E-state index contributed by atoms with van der Waals surface area (Å²) in [6, 6.07) is 8.40. The summed E-state index contributed by atoms with van der Waals surface area (Å²) in [5.41, 5.74) is 3.28. The van der Waals surface area contributed by atoms with Gasteiger partial charge in [-0.15, -0.1) is 11.3 Å². The van der Waals surface area contributed by atoms with E-state index in [9.17, 15) is 4.79 Å². The van der Waals surface area contributed by atoms with Crippen molar-refractivity contribution in [1.82, 2.24) is 15.2 Å². The third-order valence-electron chi connectivity index (χ3n) is 5.55. The standard InChI is InChI=1S/C20H25N3OS/c1-14-2-4-15(5-3-14)20-22-18(13-25-20)10-19(24)23-8-6-16-11-21-12-17(16)7-9-23/h2-5,13,16-17,21H,6-12H2,1H3/t16-,17+. The van der Waals surface area contributed by atoms with Crippen LogP contribution in [0.4, 0.5) is 0 Å². The monoisotopic (exact) mass is 355 g/mol. The molecule has 0 bridgehead atoms. The van der Waals surface area contributed by atoms with Gasteiger partial charge in [-0.3, -0.25) is 4.79 Å². The van der Waals surface area contributed by atoms with E-state index in [0.29, 0.717) is 6.42 Å². The minimum atomic E-state index is 0.230. The SMILES string of the molecule is Cc1ccc(-c2nc(CC(=O)N3CC[C@@H]4CNC[C@@H]4CC3)cs2)cc1. The molecule has 0 saturated carbocycles. The fourth-order valence-electron chi connectivity index (χ4n) is 3.95. The third-order valence-corrected chi connectivity index (χ3v) is 6.49. The van der Waals surface area contributed by atoms with Crippen LogP contribution in [-0.2, 0) is 11.2 Å². The predicted octanol–water partition coefficient (Wildman–Crippen LogP) is 3.12. The number of hydrogen-bond donors (Lipinski definition) is 1. The zero-order chi connectivity index (χ0) is 17.2. The van der Waals surface area contributed by atoms with Crippen LogP contribution in [0.2, 0.25) is 0 Å². The van der Waals surface area contributed by atoms with E-state index in [-0.39, 0.29) is 5.91 Å². The molecule has 1 N–H and O–H groups in total. The van der Waals surface area contributed by atoms with Gasteiger partial charge in [0.1, 0.15) is 5.01 Å². The lowest BCUT2D eigenvalue weighted by atomic mass is 9.92. The number of fused-ring (bicyclic) bond motifs is 1. The molecule has 0 radical (unpaired) electrons. The molecule has 0 unspecified atom stereocenters. The van der Waals surface area contributed by atoms with Crippen LogP contribution >= 0.6 is 11.3 Å². The molecule has 0 spiro atoms. The van der Waals surface area contributed by atoms with Crippen molar-refractivity contribution in [3.8, 4) is 10.6 Å². The Morgan fingerprint density at radius 1 is 1.20 bits per heavy atom. The second-order valence-electron chi connectivity index (χ2n) is 7.32. The molecule has 132 valence electrons. The van der Waals surface area contributed by atoms with E-state index in [0.717, 1.165) is 67.1 Å². The highest BCUT2D eigenvalue weighted by Gasteiger charge is 2.31. The molecule has 3 heterocycles. The Hall–Kier alpha value is -1.72. The van der Waals surface area contributed by atoms with Crippen LogP contribution in [0.3, 0.4) is 0 Å². The summed E-state index contributed by atoms with van der Waals surface area (Å²) in [6.07, 6.45) is 2.69. The van der Waals surface area contributed by atoms with Gasteiger partial charge in [-0.05, 0) is 44.7 Å². The Bertz CT molecular complexity index is 726. The van der Waals surface area contributed by atoms with Gasteiger partial charge in [-0.1, -0.05) is 29.8 Å². The van der Waals surface area contributed by atoms with Crippen molar-refractivity contribution < 1.29 is 4.79 Å². The normalized spacial score (nSPS) is 23.3. The van der Waals surface area contributed by atoms with E-state index in [2.05, 4.69) is 46.4 Å². The van der Waals surface area contributed by atoms with Gasteiger partial charge in [0, 0.05) is 24.0 Å². The average Bonchev–Trinajstić information content (AvgIpc) is 3.21. The van der Waals surface area contributed by atoms with Crippen molar-refractivity contribution in [2.24, 2.45) is 11.8 Å². The number of nitrogens with zero attached hydrogens (tertiary/aromatic N) is 2. The van der Waals surface area contributed by atoms with Crippen molar-refractivity contribution in [3.05, 3.63) is 40.9 Å². The predicted molar refractivity (Wildman–Crippen MR) is 102 cm³/mol. The van der Waals surface area contributed by atoms with E-state index in [1.54, 1.807) is 11.3 Å². The first-order chi connectivity index (χ1) is 12.2. The Morgan fingerprint density at radius 2 is 1.88 bits per heavy atom. The van der Waals surface area contributed by atoms with Crippen molar-refractivity contribution in [2.45, 2.75) is 26.2 Å². The number of hydrogen-bond acceptors (Lipinski definition) is 4. The van der Waals surface area contributed by atoms with E-state index in [4.69, 9.17) is 0 Å². The van der Waals surface area contributed by atoms with Gasteiger partial charge in [0.25, 0.3) is 0 Å². The molecule has 1 aromatic carbocycles. The Kier molecular flexibility index (Phi) is 4.86. The molecule has 4 nitrogen and oxygen atoms in total. The van der Waals surface area contributed by atoms with Crippen molar-refractivity contribution in [3.63, 3.8) is 0 Å². The largest absolute Gasteiger partial charge is 0.342 e. The number of nitrogens with one attached hydrogen (secondary N) is 1. The minimum Gasteiger partial charge on any atom is -0.342 e. The molecule has 4 rings (SSSR count). The molecule has 5 heteroatoms. The molecule has 1 aromatic heterocycles. The zero-order valence-corrected chi connectivity index (χ0v) is 15.5. The minimum absolute atomic E-state index is 0.230. The highest BCUT2D eigenvalue weighted by molar-refractivity contribution is 7.13. The summed E-state index contributed by atoms with van der Waals surface area (Å²) < 4.78 is 0. The van der Waals surface area contributed by atoms with Gasteiger partial charge in [-0.2, -0.15) is 0 Å². The van der Waals surface area contributed by atoms with Crippen LogP contribution in [0.1, 0.15) is 24.1 Å². The maximum Gasteiger partial charge on any atom is 0.228 e. The molecule has 2 atom stereocenters. The van der Waals surface area contributed by atoms with E-state index < -0.39 is 0 Å². The molecule has 2 fully saturated rings. The van der Waals surface area contributed by atoms with E-state index >= 15 is 0 Å². The summed E-state index contributed by atoms with van der Waals surface area (Å²) in [6.45, 7) is 6.13. The molecule has 2 aliphatic rings. The van der Waals surface area contributed by atoms with Gasteiger partial charge >= 0.3 is 0 Å². The highest BCUT2D eigenvalue weighted by atomic mass is 32.1. The van der Waals surface area contributed by atoms with E-state index in [1.165, 1.54) is 5.56 Å². The molecule has 2 saturated heterocycles. The Balaban J connectivity index is 1.38. The van der Waals surface area contributed by atoms with Crippen molar-refractivity contribution >= 4 is 17.2 Å². The maximum atomic E-state index is 12.7. The molecular formula is C20H25N3OS. The number of aryl methyl sites for hydroxylation is 1. The quantitative estimate of drug-likeness (QED) is 0.920. The average molecular weight is 356 g/mol. The van der Waals surface area contributed by atoms with Crippen LogP contribution in [0.25, 0.3) is 10.6 Å². The smallest absolute Gasteiger partial charge is 0.228 e. The number of likely N-dealkylation sites (tertiary alicyclic amines) is 1. The first kappa shape index (κ1) is 16.7. The second kappa shape index (κ2) is 7.26. The fraction of sp³-hybridized carbons (Fsp3) is 0.500. The fourth-order valence-corrected chi connectivity index (χ4v) is 4.78. The Morgan fingerprint density at radius 3 is 2.56 bits per heavy atom. The van der Waals surface area contributed by atoms with Gasteiger partial charge < -0.3 is 10.2 Å². The lowest BCUT2D eigenvalue weighted by molar-refractivity contribution is -0.130. The lowest BCUT2D eigenvalue weighted by Crippen LogP contribution is -2.34. The molecule has 0 aliphatic carbocycles. The number of benzene rings is 1. The zero-order valence-electron chi connectivity index (χ0n) is 14.7. The van der Waals surface area contributed by atoms with Crippen LogP contribution < -0.4 is 5.32 Å².